The molecule has 2 aliphatic carbocycles. The third kappa shape index (κ3) is 2.19. The van der Waals surface area contributed by atoms with E-state index in [1.807, 2.05) is 0 Å². The third-order valence-electron chi connectivity index (χ3n) is 4.82. The number of halogens is 1. The maximum absolute atomic E-state index is 6.02. The van der Waals surface area contributed by atoms with E-state index >= 15 is 0 Å². The summed E-state index contributed by atoms with van der Waals surface area (Å²) < 4.78 is 0. The van der Waals surface area contributed by atoms with Gasteiger partial charge in [-0.05, 0) is 62.8 Å². The van der Waals surface area contributed by atoms with Gasteiger partial charge < -0.3 is 0 Å². The second-order valence-corrected chi connectivity index (χ2v) is 6.19. The summed E-state index contributed by atoms with van der Waals surface area (Å²) in [4.78, 5) is 2.67. The van der Waals surface area contributed by atoms with Crippen molar-refractivity contribution in [3.63, 3.8) is 0 Å². The molecule has 1 saturated heterocycles. The SMILES string of the molecule is ClCC1CCCN1CC1CCC2CC2C1. The molecular weight excluding hydrogens is 206 g/mol. The standard InChI is InChI=1S/C13H22ClN/c14-8-13-2-1-5-15(13)9-10-3-4-11-7-12(11)6-10/h10-13H,1-9H2. The fourth-order valence-corrected chi connectivity index (χ4v) is 4.11. The molecule has 1 heterocycles. The van der Waals surface area contributed by atoms with Gasteiger partial charge in [-0.25, -0.2) is 0 Å². The van der Waals surface area contributed by atoms with Crippen molar-refractivity contribution in [2.45, 2.75) is 44.6 Å². The number of rotatable bonds is 3. The van der Waals surface area contributed by atoms with Crippen LogP contribution in [0.1, 0.15) is 38.5 Å². The van der Waals surface area contributed by atoms with Crippen LogP contribution in [0.5, 0.6) is 0 Å². The second kappa shape index (κ2) is 4.25. The normalized spacial score (nSPS) is 45.4. The van der Waals surface area contributed by atoms with E-state index in [0.717, 1.165) is 23.6 Å². The average Bonchev–Trinajstić information content (AvgIpc) is 2.88. The molecule has 3 fully saturated rings. The lowest BCUT2D eigenvalue weighted by Gasteiger charge is -2.29. The molecule has 0 spiro atoms. The van der Waals surface area contributed by atoms with Gasteiger partial charge in [0.1, 0.15) is 0 Å². The van der Waals surface area contributed by atoms with E-state index in [4.69, 9.17) is 11.6 Å². The van der Waals surface area contributed by atoms with E-state index in [-0.39, 0.29) is 0 Å². The van der Waals surface area contributed by atoms with Crippen molar-refractivity contribution in [1.29, 1.82) is 0 Å². The molecule has 1 aliphatic heterocycles. The van der Waals surface area contributed by atoms with Crippen molar-refractivity contribution in [1.82, 2.24) is 4.90 Å². The van der Waals surface area contributed by atoms with Gasteiger partial charge in [0.25, 0.3) is 0 Å². The van der Waals surface area contributed by atoms with E-state index in [0.29, 0.717) is 6.04 Å². The minimum Gasteiger partial charge on any atom is -0.299 e. The Hall–Kier alpha value is 0.250. The lowest BCUT2D eigenvalue weighted by molar-refractivity contribution is 0.194. The van der Waals surface area contributed by atoms with Crippen LogP contribution in [0.15, 0.2) is 0 Å². The molecule has 0 amide bonds. The Morgan fingerprint density at radius 3 is 2.80 bits per heavy atom. The molecule has 4 atom stereocenters. The van der Waals surface area contributed by atoms with E-state index in [2.05, 4.69) is 4.90 Å². The summed E-state index contributed by atoms with van der Waals surface area (Å²) in [5.74, 6) is 4.11. The molecule has 1 nitrogen and oxygen atoms in total. The van der Waals surface area contributed by atoms with E-state index in [1.165, 1.54) is 45.2 Å². The molecule has 0 aromatic heterocycles. The summed E-state index contributed by atoms with van der Waals surface area (Å²) in [6, 6.07) is 0.698. The van der Waals surface area contributed by atoms with Crippen LogP contribution < -0.4 is 0 Å². The summed E-state index contributed by atoms with van der Waals surface area (Å²) in [7, 11) is 0. The first-order valence-corrected chi connectivity index (χ1v) is 7.20. The quantitative estimate of drug-likeness (QED) is 0.670. The van der Waals surface area contributed by atoms with Crippen LogP contribution in [0.3, 0.4) is 0 Å². The Labute approximate surface area is 98.2 Å². The Kier molecular flexibility index (Phi) is 2.95. The zero-order valence-corrected chi connectivity index (χ0v) is 10.3. The van der Waals surface area contributed by atoms with Gasteiger partial charge in [0.15, 0.2) is 0 Å². The maximum atomic E-state index is 6.02. The van der Waals surface area contributed by atoms with Gasteiger partial charge in [0.05, 0.1) is 0 Å². The lowest BCUT2D eigenvalue weighted by atomic mass is 9.89. The topological polar surface area (TPSA) is 3.24 Å². The lowest BCUT2D eigenvalue weighted by Crippen LogP contribution is -2.35. The van der Waals surface area contributed by atoms with Crippen molar-refractivity contribution in [2.75, 3.05) is 19.0 Å². The molecule has 86 valence electrons. The molecule has 0 radical (unpaired) electrons. The van der Waals surface area contributed by atoms with Gasteiger partial charge in [-0.1, -0.05) is 0 Å². The summed E-state index contributed by atoms with van der Waals surface area (Å²) >= 11 is 6.02. The largest absolute Gasteiger partial charge is 0.299 e. The van der Waals surface area contributed by atoms with Crippen molar-refractivity contribution < 1.29 is 0 Å². The molecule has 0 N–H and O–H groups in total. The van der Waals surface area contributed by atoms with Gasteiger partial charge in [-0.15, -0.1) is 11.6 Å². The smallest absolute Gasteiger partial charge is 0.0379 e. The molecule has 3 rings (SSSR count). The third-order valence-corrected chi connectivity index (χ3v) is 5.18. The minimum absolute atomic E-state index is 0.698. The summed E-state index contributed by atoms with van der Waals surface area (Å²) in [5, 5.41) is 0. The Morgan fingerprint density at radius 1 is 1.07 bits per heavy atom. The van der Waals surface area contributed by atoms with Gasteiger partial charge >= 0.3 is 0 Å². The number of likely N-dealkylation sites (tertiary alicyclic amines) is 1. The number of hydrogen-bond donors (Lipinski definition) is 0. The molecule has 0 aromatic rings. The van der Waals surface area contributed by atoms with Crippen LogP contribution in [-0.2, 0) is 0 Å². The summed E-state index contributed by atoms with van der Waals surface area (Å²) in [6.07, 6.45) is 8.80. The first kappa shape index (κ1) is 10.4. The molecular formula is C13H22ClN. The highest BCUT2D eigenvalue weighted by atomic mass is 35.5. The van der Waals surface area contributed by atoms with Crippen LogP contribution in [-0.4, -0.2) is 29.9 Å². The van der Waals surface area contributed by atoms with Crippen molar-refractivity contribution in [3.8, 4) is 0 Å². The van der Waals surface area contributed by atoms with Gasteiger partial charge in [0, 0.05) is 18.5 Å². The number of fused-ring (bicyclic) bond motifs is 1. The van der Waals surface area contributed by atoms with Crippen LogP contribution in [0.25, 0.3) is 0 Å². The van der Waals surface area contributed by atoms with Crippen LogP contribution in [0, 0.1) is 17.8 Å². The van der Waals surface area contributed by atoms with Crippen molar-refractivity contribution >= 4 is 11.6 Å². The highest BCUT2D eigenvalue weighted by Crippen LogP contribution is 2.51. The van der Waals surface area contributed by atoms with Gasteiger partial charge in [-0.3, -0.25) is 4.90 Å². The minimum atomic E-state index is 0.698. The van der Waals surface area contributed by atoms with Gasteiger partial charge in [0.2, 0.25) is 0 Å². The first-order valence-electron chi connectivity index (χ1n) is 6.67. The fourth-order valence-electron chi connectivity index (χ4n) is 3.76. The molecule has 15 heavy (non-hydrogen) atoms. The molecule has 0 aromatic carbocycles. The van der Waals surface area contributed by atoms with Crippen molar-refractivity contribution in [3.05, 3.63) is 0 Å². The molecule has 4 unspecified atom stereocenters. The van der Waals surface area contributed by atoms with E-state index in [1.54, 1.807) is 6.42 Å². The summed E-state index contributed by atoms with van der Waals surface area (Å²) in [6.45, 7) is 2.66. The average molecular weight is 228 g/mol. The first-order chi connectivity index (χ1) is 7.36. The highest BCUT2D eigenvalue weighted by molar-refractivity contribution is 6.18. The molecule has 0 bridgehead atoms. The Bertz CT molecular complexity index is 231. The second-order valence-electron chi connectivity index (χ2n) is 5.88. The van der Waals surface area contributed by atoms with Gasteiger partial charge in [-0.2, -0.15) is 0 Å². The van der Waals surface area contributed by atoms with E-state index < -0.39 is 0 Å². The monoisotopic (exact) mass is 227 g/mol. The zero-order valence-electron chi connectivity index (χ0n) is 9.50. The van der Waals surface area contributed by atoms with E-state index in [9.17, 15) is 0 Å². The van der Waals surface area contributed by atoms with Crippen LogP contribution in [0.4, 0.5) is 0 Å². The number of alkyl halides is 1. The van der Waals surface area contributed by atoms with Crippen LogP contribution in [0.2, 0.25) is 0 Å². The highest BCUT2D eigenvalue weighted by Gasteiger charge is 2.42. The number of hydrogen-bond acceptors (Lipinski definition) is 1. The Balaban J connectivity index is 1.51. The Morgan fingerprint density at radius 2 is 2.00 bits per heavy atom. The molecule has 2 saturated carbocycles. The molecule has 2 heteroatoms. The van der Waals surface area contributed by atoms with Crippen molar-refractivity contribution in [2.24, 2.45) is 17.8 Å². The van der Waals surface area contributed by atoms with Crippen LogP contribution >= 0.6 is 11.6 Å². The zero-order chi connectivity index (χ0) is 10.3. The predicted molar refractivity (Wildman–Crippen MR) is 64.3 cm³/mol. The summed E-state index contributed by atoms with van der Waals surface area (Å²) in [5.41, 5.74) is 0. The maximum Gasteiger partial charge on any atom is 0.0379 e. The number of nitrogens with zero attached hydrogens (tertiary/aromatic N) is 1. The predicted octanol–water partition coefficient (Wildman–Crippen LogP) is 3.13. The fraction of sp³-hybridized carbons (Fsp3) is 1.00. The molecule has 3 aliphatic rings.